The number of hydrogen-bond acceptors (Lipinski definition) is 6. The monoisotopic (exact) mass is 429 g/mol. The Bertz CT molecular complexity index is 1180. The van der Waals surface area contributed by atoms with Crippen molar-refractivity contribution < 1.29 is 13.9 Å². The Morgan fingerprint density at radius 3 is 2.61 bits per heavy atom. The highest BCUT2D eigenvalue weighted by molar-refractivity contribution is 8.18. The number of methoxy groups -OCH3 is 1. The summed E-state index contributed by atoms with van der Waals surface area (Å²) in [4.78, 5) is 17.3. The molecular weight excluding hydrogens is 410 g/mol. The maximum absolute atomic E-state index is 12.2. The Balaban J connectivity index is 1.56. The van der Waals surface area contributed by atoms with Crippen molar-refractivity contribution in [2.75, 3.05) is 7.11 Å². The molecule has 7 heteroatoms. The second-order valence-corrected chi connectivity index (χ2v) is 8.07. The van der Waals surface area contributed by atoms with Crippen molar-refractivity contribution in [1.29, 1.82) is 0 Å². The summed E-state index contributed by atoms with van der Waals surface area (Å²) in [6.07, 6.45) is 4.13. The van der Waals surface area contributed by atoms with E-state index in [1.54, 1.807) is 13.4 Å². The van der Waals surface area contributed by atoms with Gasteiger partial charge >= 0.3 is 5.24 Å². The van der Waals surface area contributed by atoms with Gasteiger partial charge in [0.25, 0.3) is 0 Å². The first-order valence-electron chi connectivity index (χ1n) is 9.83. The van der Waals surface area contributed by atoms with Gasteiger partial charge in [0, 0.05) is 6.42 Å². The largest absolute Gasteiger partial charge is 0.497 e. The fourth-order valence-electron chi connectivity index (χ4n) is 3.66. The van der Waals surface area contributed by atoms with Crippen LogP contribution in [-0.4, -0.2) is 28.9 Å². The molecule has 0 saturated heterocycles. The van der Waals surface area contributed by atoms with Crippen LogP contribution < -0.4 is 4.74 Å². The molecule has 0 saturated carbocycles. The number of hydrazone groups is 1. The van der Waals surface area contributed by atoms with Gasteiger partial charge < -0.3 is 9.15 Å². The van der Waals surface area contributed by atoms with E-state index in [4.69, 9.17) is 14.3 Å². The van der Waals surface area contributed by atoms with Gasteiger partial charge in [0.2, 0.25) is 0 Å². The van der Waals surface area contributed by atoms with Crippen LogP contribution in [0.15, 0.2) is 92.4 Å². The number of aliphatic imine (C=N–C) groups is 1. The average molecular weight is 430 g/mol. The number of nitrogens with zero attached hydrogens (tertiary/aromatic N) is 3. The van der Waals surface area contributed by atoms with E-state index in [1.165, 1.54) is 0 Å². The van der Waals surface area contributed by atoms with Crippen molar-refractivity contribution in [3.8, 4) is 5.75 Å². The molecule has 0 radical (unpaired) electrons. The van der Waals surface area contributed by atoms with Gasteiger partial charge in [-0.3, -0.25) is 4.79 Å². The van der Waals surface area contributed by atoms with E-state index in [-0.39, 0.29) is 11.3 Å². The quantitative estimate of drug-likeness (QED) is 0.529. The molecule has 1 atom stereocenters. The van der Waals surface area contributed by atoms with Crippen molar-refractivity contribution in [2.45, 2.75) is 12.5 Å². The summed E-state index contributed by atoms with van der Waals surface area (Å²) in [6.45, 7) is 0. The summed E-state index contributed by atoms with van der Waals surface area (Å²) >= 11 is 1.09. The smallest absolute Gasteiger partial charge is 0.311 e. The van der Waals surface area contributed by atoms with E-state index in [0.29, 0.717) is 18.0 Å². The number of hydrogen-bond donors (Lipinski definition) is 0. The lowest BCUT2D eigenvalue weighted by atomic mass is 9.98. The number of carbonyl (C=O) groups is 1. The molecule has 1 amide bonds. The van der Waals surface area contributed by atoms with Gasteiger partial charge in [0.1, 0.15) is 11.5 Å². The van der Waals surface area contributed by atoms with Crippen molar-refractivity contribution in [1.82, 2.24) is 5.01 Å². The third-order valence-corrected chi connectivity index (χ3v) is 5.95. The first kappa shape index (κ1) is 19.4. The summed E-state index contributed by atoms with van der Waals surface area (Å²) < 4.78 is 10.8. The molecule has 2 aliphatic rings. The van der Waals surface area contributed by atoms with Crippen LogP contribution in [0.1, 0.15) is 29.3 Å². The zero-order valence-corrected chi connectivity index (χ0v) is 17.6. The normalized spacial score (nSPS) is 19.6. The molecule has 2 aromatic carbocycles. The lowest BCUT2D eigenvalue weighted by Gasteiger charge is -2.24. The highest BCUT2D eigenvalue weighted by Gasteiger charge is 2.37. The number of carbonyl (C=O) groups excluding carboxylic acids is 1. The summed E-state index contributed by atoms with van der Waals surface area (Å²) in [5.74, 6) is 2.00. The molecule has 31 heavy (non-hydrogen) atoms. The topological polar surface area (TPSA) is 67.4 Å². The van der Waals surface area contributed by atoms with Crippen LogP contribution in [0.3, 0.4) is 0 Å². The number of amidine groups is 1. The Hall–Kier alpha value is -3.58. The molecule has 0 bridgehead atoms. The third-order valence-electron chi connectivity index (χ3n) is 5.17. The Kier molecular flexibility index (Phi) is 5.18. The number of amides is 1. The molecular formula is C24H19N3O3S. The third kappa shape index (κ3) is 3.92. The van der Waals surface area contributed by atoms with Crippen LogP contribution in [0.5, 0.6) is 5.75 Å². The fourth-order valence-corrected chi connectivity index (χ4v) is 4.39. The van der Waals surface area contributed by atoms with Gasteiger partial charge in [-0.05, 0) is 53.2 Å². The van der Waals surface area contributed by atoms with Crippen molar-refractivity contribution in [3.05, 3.63) is 94.8 Å². The van der Waals surface area contributed by atoms with Gasteiger partial charge in [-0.25, -0.2) is 5.01 Å². The number of furan rings is 1. The Labute approximate surface area is 183 Å². The Morgan fingerprint density at radius 2 is 1.90 bits per heavy atom. The minimum Gasteiger partial charge on any atom is -0.497 e. The number of thioether (sulfide) groups is 1. The summed E-state index contributed by atoms with van der Waals surface area (Å²) in [5, 5.41) is 6.50. The van der Waals surface area contributed by atoms with Crippen LogP contribution >= 0.6 is 11.8 Å². The first-order valence-corrected chi connectivity index (χ1v) is 10.6. The maximum Gasteiger partial charge on any atom is 0.311 e. The first-order chi connectivity index (χ1) is 15.2. The SMILES string of the molecule is COc1ccc(C2CC(c3ccccc3)=NN2C2=NC(=O)S/C2=C\c2ccco2)cc1. The van der Waals surface area contributed by atoms with Crippen LogP contribution in [0, 0.1) is 0 Å². The standard InChI is InChI=1S/C24H19N3O3S/c1-29-18-11-9-17(10-12-18)21-15-20(16-6-3-2-4-7-16)26-27(21)23-22(31-24(28)25-23)14-19-8-5-13-30-19/h2-14,21H,15H2,1H3/b22-14-. The van der Waals surface area contributed by atoms with E-state index >= 15 is 0 Å². The van der Waals surface area contributed by atoms with Gasteiger partial charge in [-0.2, -0.15) is 10.1 Å². The molecule has 0 fully saturated rings. The van der Waals surface area contributed by atoms with Gasteiger partial charge in [0.15, 0.2) is 5.84 Å². The summed E-state index contributed by atoms with van der Waals surface area (Å²) in [6, 6.07) is 21.6. The average Bonchev–Trinajstić information content (AvgIpc) is 3.55. The van der Waals surface area contributed by atoms with E-state index < -0.39 is 0 Å². The molecule has 6 nitrogen and oxygen atoms in total. The van der Waals surface area contributed by atoms with E-state index in [9.17, 15) is 4.79 Å². The van der Waals surface area contributed by atoms with Crippen LogP contribution in [0.4, 0.5) is 4.79 Å². The zero-order valence-electron chi connectivity index (χ0n) is 16.8. The van der Waals surface area contributed by atoms with Gasteiger partial charge in [0.05, 0.1) is 30.0 Å². The van der Waals surface area contributed by atoms with Gasteiger partial charge in [-0.1, -0.05) is 42.5 Å². The van der Waals surface area contributed by atoms with Crippen molar-refractivity contribution in [3.63, 3.8) is 0 Å². The lowest BCUT2D eigenvalue weighted by Crippen LogP contribution is -2.26. The molecule has 1 unspecified atom stereocenters. The predicted octanol–water partition coefficient (Wildman–Crippen LogP) is 5.75. The number of ether oxygens (including phenoxy) is 1. The van der Waals surface area contributed by atoms with E-state index in [0.717, 1.165) is 39.3 Å². The molecule has 1 aromatic heterocycles. The highest BCUT2D eigenvalue weighted by atomic mass is 32.2. The Morgan fingerprint density at radius 1 is 1.10 bits per heavy atom. The van der Waals surface area contributed by atoms with Crippen molar-refractivity contribution >= 4 is 34.6 Å². The number of benzene rings is 2. The second-order valence-electron chi connectivity index (χ2n) is 7.08. The lowest BCUT2D eigenvalue weighted by molar-refractivity contribution is 0.267. The maximum atomic E-state index is 12.2. The molecule has 3 heterocycles. The van der Waals surface area contributed by atoms with Crippen LogP contribution in [-0.2, 0) is 0 Å². The molecule has 0 aliphatic carbocycles. The molecule has 3 aromatic rings. The van der Waals surface area contributed by atoms with Gasteiger partial charge in [-0.15, -0.1) is 0 Å². The van der Waals surface area contributed by atoms with Crippen molar-refractivity contribution in [2.24, 2.45) is 10.1 Å². The minimum absolute atomic E-state index is 0.0913. The van der Waals surface area contributed by atoms with E-state index in [1.807, 2.05) is 77.8 Å². The molecule has 0 N–H and O–H groups in total. The molecule has 5 rings (SSSR count). The molecule has 2 aliphatic heterocycles. The summed E-state index contributed by atoms with van der Waals surface area (Å²) in [7, 11) is 1.65. The number of rotatable bonds is 4. The predicted molar refractivity (Wildman–Crippen MR) is 122 cm³/mol. The van der Waals surface area contributed by atoms with E-state index in [2.05, 4.69) is 4.99 Å². The fraction of sp³-hybridized carbons (Fsp3) is 0.125. The molecule has 154 valence electrons. The van der Waals surface area contributed by atoms with Crippen LogP contribution in [0.25, 0.3) is 6.08 Å². The molecule has 0 spiro atoms. The minimum atomic E-state index is -0.260. The summed E-state index contributed by atoms with van der Waals surface area (Å²) in [5.41, 5.74) is 3.07. The second kappa shape index (κ2) is 8.28. The zero-order chi connectivity index (χ0) is 21.2. The highest BCUT2D eigenvalue weighted by Crippen LogP contribution is 2.39. The van der Waals surface area contributed by atoms with Crippen LogP contribution in [0.2, 0.25) is 0 Å².